The molecule has 1 aliphatic heterocycles. The highest BCUT2D eigenvalue weighted by Crippen LogP contribution is 2.27. The number of thioether (sulfide) groups is 1. The van der Waals surface area contributed by atoms with Crippen molar-refractivity contribution in [3.8, 4) is 5.69 Å². The molecular formula is C22H20N6O3S. The number of para-hydroxylation sites is 2. The van der Waals surface area contributed by atoms with E-state index in [2.05, 4.69) is 15.5 Å². The van der Waals surface area contributed by atoms with E-state index >= 15 is 0 Å². The Balaban J connectivity index is 1.68. The number of rotatable bonds is 4. The molecule has 2 aromatic heterocycles. The fourth-order valence-corrected chi connectivity index (χ4v) is 4.81. The fraction of sp³-hybridized carbons (Fsp3) is 0.227. The molecule has 0 radical (unpaired) electrons. The number of benzene rings is 2. The van der Waals surface area contributed by atoms with E-state index in [0.29, 0.717) is 34.9 Å². The molecule has 1 aliphatic rings. The third-order valence-corrected chi connectivity index (χ3v) is 6.53. The lowest BCUT2D eigenvalue weighted by Crippen LogP contribution is -2.39. The molecule has 2 aromatic carbocycles. The summed E-state index contributed by atoms with van der Waals surface area (Å²) in [6.45, 7) is 4.46. The molecule has 3 amide bonds. The monoisotopic (exact) mass is 448 g/mol. The van der Waals surface area contributed by atoms with Gasteiger partial charge >= 0.3 is 6.03 Å². The molecule has 4 aromatic rings. The van der Waals surface area contributed by atoms with Gasteiger partial charge in [-0.05, 0) is 37.6 Å². The molecule has 3 heterocycles. The zero-order valence-electron chi connectivity index (χ0n) is 17.5. The van der Waals surface area contributed by atoms with Gasteiger partial charge in [-0.2, -0.15) is 0 Å². The van der Waals surface area contributed by atoms with Crippen LogP contribution in [0, 0.1) is 6.92 Å². The molecule has 1 unspecified atom stereocenters. The van der Waals surface area contributed by atoms with Gasteiger partial charge in [0.1, 0.15) is 0 Å². The number of fused-ring (bicyclic) bond motifs is 3. The van der Waals surface area contributed by atoms with Gasteiger partial charge in [-0.15, -0.1) is 10.2 Å². The van der Waals surface area contributed by atoms with E-state index in [-0.39, 0.29) is 17.5 Å². The van der Waals surface area contributed by atoms with Gasteiger partial charge in [-0.1, -0.05) is 42.1 Å². The van der Waals surface area contributed by atoms with Crippen LogP contribution in [0.1, 0.15) is 12.5 Å². The number of nitrogens with one attached hydrogen (secondary N) is 1. The van der Waals surface area contributed by atoms with Crippen molar-refractivity contribution in [2.75, 3.05) is 13.1 Å². The molecule has 10 heteroatoms. The standard InChI is InChI=1S/C22H20N6O3S/c1-13-7-3-5-9-16(13)27-19(30)15-8-4-6-10-17(15)28-20(27)24-25-22(28)32-14(2)18(29)26-12-11-23-21(26)31/h3-10,14H,11-12H2,1-2H3,(H,23,31). The normalized spacial score (nSPS) is 14.8. The van der Waals surface area contributed by atoms with E-state index in [1.54, 1.807) is 22.0 Å². The van der Waals surface area contributed by atoms with Gasteiger partial charge in [0.15, 0.2) is 5.16 Å². The highest BCUT2D eigenvalue weighted by atomic mass is 32.2. The quantitative estimate of drug-likeness (QED) is 0.481. The number of carbonyl (C=O) groups excluding carboxylic acids is 2. The smallest absolute Gasteiger partial charge is 0.324 e. The maximum atomic E-state index is 13.4. The molecule has 9 nitrogen and oxygen atoms in total. The van der Waals surface area contributed by atoms with Crippen LogP contribution in [-0.2, 0) is 4.79 Å². The number of aromatic nitrogens is 4. The zero-order valence-corrected chi connectivity index (χ0v) is 18.3. The molecule has 5 rings (SSSR count). The second-order valence-electron chi connectivity index (χ2n) is 7.54. The van der Waals surface area contributed by atoms with Crippen LogP contribution in [0.25, 0.3) is 22.4 Å². The molecule has 1 saturated heterocycles. The van der Waals surface area contributed by atoms with Crippen molar-refractivity contribution in [1.29, 1.82) is 0 Å². The van der Waals surface area contributed by atoms with E-state index in [0.717, 1.165) is 11.3 Å². The van der Waals surface area contributed by atoms with E-state index in [1.807, 2.05) is 49.4 Å². The van der Waals surface area contributed by atoms with E-state index < -0.39 is 5.25 Å². The third kappa shape index (κ3) is 3.14. The molecule has 0 saturated carbocycles. The minimum absolute atomic E-state index is 0.191. The molecular weight excluding hydrogens is 428 g/mol. The number of imide groups is 1. The van der Waals surface area contributed by atoms with Gasteiger partial charge in [-0.3, -0.25) is 18.9 Å². The van der Waals surface area contributed by atoms with Crippen molar-refractivity contribution in [2.24, 2.45) is 0 Å². The third-order valence-electron chi connectivity index (χ3n) is 5.50. The Bertz CT molecular complexity index is 1440. The molecule has 1 N–H and O–H groups in total. The van der Waals surface area contributed by atoms with E-state index in [4.69, 9.17) is 0 Å². The predicted octanol–water partition coefficient (Wildman–Crippen LogP) is 2.37. The van der Waals surface area contributed by atoms with Gasteiger partial charge in [0, 0.05) is 13.1 Å². The van der Waals surface area contributed by atoms with E-state index in [9.17, 15) is 14.4 Å². The SMILES string of the molecule is Cc1ccccc1-n1c(=O)c2ccccc2n2c(SC(C)C(=O)N3CCNC3=O)nnc12. The summed E-state index contributed by atoms with van der Waals surface area (Å²) in [5, 5.41) is 11.7. The summed E-state index contributed by atoms with van der Waals surface area (Å²) in [5.74, 6) is 0.0716. The number of carbonyl (C=O) groups is 2. The Hall–Kier alpha value is -3.66. The Morgan fingerprint density at radius 1 is 1.09 bits per heavy atom. The highest BCUT2D eigenvalue weighted by molar-refractivity contribution is 8.00. The van der Waals surface area contributed by atoms with Crippen molar-refractivity contribution in [2.45, 2.75) is 24.3 Å². The van der Waals surface area contributed by atoms with Crippen LogP contribution >= 0.6 is 11.8 Å². The molecule has 0 bridgehead atoms. The first-order valence-electron chi connectivity index (χ1n) is 10.2. The Morgan fingerprint density at radius 2 is 1.84 bits per heavy atom. The fourth-order valence-electron chi connectivity index (χ4n) is 3.90. The number of nitrogens with zero attached hydrogens (tertiary/aromatic N) is 5. The van der Waals surface area contributed by atoms with Crippen molar-refractivity contribution >= 4 is 40.4 Å². The van der Waals surface area contributed by atoms with E-state index in [1.165, 1.54) is 16.7 Å². The first-order valence-corrected chi connectivity index (χ1v) is 11.1. The highest BCUT2D eigenvalue weighted by Gasteiger charge is 2.31. The second-order valence-corrected chi connectivity index (χ2v) is 8.85. The van der Waals surface area contributed by atoms with Gasteiger partial charge in [-0.25, -0.2) is 9.36 Å². The number of aryl methyl sites for hydroxylation is 1. The van der Waals surface area contributed by atoms with Gasteiger partial charge in [0.25, 0.3) is 5.56 Å². The lowest BCUT2D eigenvalue weighted by atomic mass is 10.2. The van der Waals surface area contributed by atoms with Crippen molar-refractivity contribution in [3.05, 3.63) is 64.4 Å². The summed E-state index contributed by atoms with van der Waals surface area (Å²) in [4.78, 5) is 39.3. The van der Waals surface area contributed by atoms with Crippen LogP contribution in [0.4, 0.5) is 4.79 Å². The largest absolute Gasteiger partial charge is 0.336 e. The van der Waals surface area contributed by atoms with Gasteiger partial charge in [0.05, 0.1) is 21.8 Å². The molecule has 32 heavy (non-hydrogen) atoms. The van der Waals surface area contributed by atoms with Gasteiger partial charge in [0.2, 0.25) is 11.7 Å². The summed E-state index contributed by atoms with van der Waals surface area (Å²) >= 11 is 1.21. The average Bonchev–Trinajstić information content (AvgIpc) is 3.41. The molecule has 1 fully saturated rings. The lowest BCUT2D eigenvalue weighted by Gasteiger charge is -2.17. The lowest BCUT2D eigenvalue weighted by molar-refractivity contribution is -0.126. The first kappa shape index (κ1) is 20.3. The van der Waals surface area contributed by atoms with Crippen molar-refractivity contribution in [3.63, 3.8) is 0 Å². The number of hydrogen-bond acceptors (Lipinski definition) is 6. The first-order chi connectivity index (χ1) is 15.5. The molecule has 162 valence electrons. The molecule has 0 aliphatic carbocycles. The minimum Gasteiger partial charge on any atom is -0.336 e. The van der Waals surface area contributed by atoms with Crippen LogP contribution in [0.15, 0.2) is 58.5 Å². The number of urea groups is 1. The average molecular weight is 449 g/mol. The van der Waals surface area contributed by atoms with Crippen molar-refractivity contribution < 1.29 is 9.59 Å². The zero-order chi connectivity index (χ0) is 22.4. The van der Waals surface area contributed by atoms with Crippen molar-refractivity contribution in [1.82, 2.24) is 29.4 Å². The number of amides is 3. The summed E-state index contributed by atoms with van der Waals surface area (Å²) < 4.78 is 3.34. The summed E-state index contributed by atoms with van der Waals surface area (Å²) in [5.41, 5.74) is 2.11. The second kappa shape index (κ2) is 7.79. The maximum Gasteiger partial charge on any atom is 0.324 e. The minimum atomic E-state index is -0.566. The van der Waals surface area contributed by atoms with Crippen LogP contribution < -0.4 is 10.9 Å². The van der Waals surface area contributed by atoms with Crippen LogP contribution in [-0.4, -0.2) is 54.3 Å². The van der Waals surface area contributed by atoms with Crippen LogP contribution in [0.5, 0.6) is 0 Å². The molecule has 1 atom stereocenters. The Morgan fingerprint density at radius 3 is 2.59 bits per heavy atom. The maximum absolute atomic E-state index is 13.4. The topological polar surface area (TPSA) is 102 Å². The Labute approximate surface area is 187 Å². The van der Waals surface area contributed by atoms with Crippen LogP contribution in [0.2, 0.25) is 0 Å². The molecule has 0 spiro atoms. The summed E-state index contributed by atoms with van der Waals surface area (Å²) in [6.07, 6.45) is 0. The number of hydrogen-bond donors (Lipinski definition) is 1. The summed E-state index contributed by atoms with van der Waals surface area (Å²) in [7, 11) is 0. The Kier molecular flexibility index (Phi) is 4.93. The van der Waals surface area contributed by atoms with Crippen LogP contribution in [0.3, 0.4) is 0 Å². The summed E-state index contributed by atoms with van der Waals surface area (Å²) in [6, 6.07) is 14.5. The van der Waals surface area contributed by atoms with Gasteiger partial charge < -0.3 is 5.32 Å². The predicted molar refractivity (Wildman–Crippen MR) is 121 cm³/mol.